The van der Waals surface area contributed by atoms with Crippen molar-refractivity contribution in [1.82, 2.24) is 9.97 Å². The first-order valence-electron chi connectivity index (χ1n) is 6.98. The summed E-state index contributed by atoms with van der Waals surface area (Å²) in [6.07, 6.45) is 9.44. The minimum Gasteiger partial charge on any atom is -0.366 e. The van der Waals surface area contributed by atoms with Gasteiger partial charge in [-0.3, -0.25) is 5.43 Å². The number of halogens is 1. The third kappa shape index (κ3) is 4.04. The summed E-state index contributed by atoms with van der Waals surface area (Å²) in [5, 5.41) is 3.49. The first-order valence-corrected chi connectivity index (χ1v) is 7.78. The van der Waals surface area contributed by atoms with Crippen LogP contribution in [0.5, 0.6) is 0 Å². The Hall–Kier alpha value is -0.880. The summed E-state index contributed by atoms with van der Waals surface area (Å²) in [5.74, 6) is 7.51. The van der Waals surface area contributed by atoms with E-state index in [0.717, 1.165) is 16.2 Å². The number of rotatable bonds is 5. The number of nitrogen functional groups attached to an aromatic ring is 1. The van der Waals surface area contributed by atoms with Crippen molar-refractivity contribution >= 4 is 27.7 Å². The van der Waals surface area contributed by atoms with Gasteiger partial charge in [0.2, 0.25) is 5.95 Å². The molecule has 0 atom stereocenters. The molecule has 0 unspecified atom stereocenters. The second-order valence-electron chi connectivity index (χ2n) is 5.19. The zero-order valence-electron chi connectivity index (χ0n) is 11.3. The lowest BCUT2D eigenvalue weighted by atomic mass is 9.83. The third-order valence-corrected chi connectivity index (χ3v) is 4.34. The Bertz CT molecular complexity index is 404. The van der Waals surface area contributed by atoms with E-state index in [9.17, 15) is 0 Å². The fraction of sp³-hybridized carbons (Fsp3) is 0.692. The summed E-state index contributed by atoms with van der Waals surface area (Å²) >= 11 is 3.47. The van der Waals surface area contributed by atoms with Crippen LogP contribution in [0.4, 0.5) is 11.8 Å². The highest BCUT2D eigenvalue weighted by molar-refractivity contribution is 9.10. The first kappa shape index (κ1) is 14.5. The molecule has 1 aromatic rings. The molecule has 0 aromatic carbocycles. The standard InChI is InChI=1S/C13H22BrN5/c1-2-3-9-4-6-10(7-5-9)17-12-11(14)8-16-13(18-12)19-15/h8-10H,2-7,15H2,1H3,(H2,16,17,18,19). The zero-order valence-corrected chi connectivity index (χ0v) is 12.9. The number of anilines is 2. The molecule has 0 radical (unpaired) electrons. The van der Waals surface area contributed by atoms with E-state index < -0.39 is 0 Å². The smallest absolute Gasteiger partial charge is 0.239 e. The van der Waals surface area contributed by atoms with Crippen molar-refractivity contribution in [3.63, 3.8) is 0 Å². The van der Waals surface area contributed by atoms with Crippen molar-refractivity contribution in [2.75, 3.05) is 10.7 Å². The number of nitrogens with zero attached hydrogens (tertiary/aromatic N) is 2. The van der Waals surface area contributed by atoms with E-state index in [1.165, 1.54) is 38.5 Å². The molecule has 106 valence electrons. The van der Waals surface area contributed by atoms with Gasteiger partial charge in [-0.2, -0.15) is 4.98 Å². The largest absolute Gasteiger partial charge is 0.366 e. The maximum absolute atomic E-state index is 5.34. The van der Waals surface area contributed by atoms with Crippen LogP contribution in [0.3, 0.4) is 0 Å². The topological polar surface area (TPSA) is 75.9 Å². The fourth-order valence-corrected chi connectivity index (χ4v) is 3.04. The molecule has 0 spiro atoms. The SMILES string of the molecule is CCCC1CCC(Nc2nc(NN)ncc2Br)CC1. The lowest BCUT2D eigenvalue weighted by Gasteiger charge is -2.29. The number of hydrazine groups is 1. The number of hydrogen-bond donors (Lipinski definition) is 3. The fourth-order valence-electron chi connectivity index (χ4n) is 2.73. The van der Waals surface area contributed by atoms with Crippen LogP contribution in [0, 0.1) is 5.92 Å². The summed E-state index contributed by atoms with van der Waals surface area (Å²) in [6, 6.07) is 0.505. The third-order valence-electron chi connectivity index (χ3n) is 3.76. The molecular formula is C13H22BrN5. The molecule has 5 nitrogen and oxygen atoms in total. The van der Waals surface area contributed by atoms with Crippen LogP contribution in [0.2, 0.25) is 0 Å². The molecule has 6 heteroatoms. The molecule has 0 bridgehead atoms. The lowest BCUT2D eigenvalue weighted by molar-refractivity contribution is 0.318. The number of nitrogens with two attached hydrogens (primary N) is 1. The first-order chi connectivity index (χ1) is 9.22. The molecule has 0 amide bonds. The predicted molar refractivity (Wildman–Crippen MR) is 81.8 cm³/mol. The van der Waals surface area contributed by atoms with Crippen LogP contribution in [0.15, 0.2) is 10.7 Å². The van der Waals surface area contributed by atoms with Gasteiger partial charge in [0.25, 0.3) is 0 Å². The molecule has 1 saturated carbocycles. The van der Waals surface area contributed by atoms with Gasteiger partial charge in [-0.15, -0.1) is 0 Å². The van der Waals surface area contributed by atoms with E-state index in [-0.39, 0.29) is 0 Å². The van der Waals surface area contributed by atoms with Gasteiger partial charge in [0.1, 0.15) is 5.82 Å². The number of aromatic nitrogens is 2. The normalized spacial score (nSPS) is 23.1. The molecule has 0 aliphatic heterocycles. The van der Waals surface area contributed by atoms with Gasteiger partial charge in [0, 0.05) is 12.2 Å². The summed E-state index contributed by atoms with van der Waals surface area (Å²) in [5.41, 5.74) is 2.47. The van der Waals surface area contributed by atoms with Crippen LogP contribution < -0.4 is 16.6 Å². The zero-order chi connectivity index (χ0) is 13.7. The molecule has 1 heterocycles. The summed E-state index contributed by atoms with van der Waals surface area (Å²) < 4.78 is 0.877. The Kier molecular flexibility index (Phi) is 5.39. The predicted octanol–water partition coefficient (Wildman–Crippen LogP) is 3.30. The van der Waals surface area contributed by atoms with Crippen LogP contribution in [-0.2, 0) is 0 Å². The van der Waals surface area contributed by atoms with Crippen molar-refractivity contribution in [3.8, 4) is 0 Å². The highest BCUT2D eigenvalue weighted by Crippen LogP contribution is 2.30. The molecule has 4 N–H and O–H groups in total. The average molecular weight is 328 g/mol. The summed E-state index contributed by atoms with van der Waals surface area (Å²) in [6.45, 7) is 2.27. The van der Waals surface area contributed by atoms with E-state index in [0.29, 0.717) is 12.0 Å². The molecule has 1 aromatic heterocycles. The highest BCUT2D eigenvalue weighted by atomic mass is 79.9. The molecule has 1 aliphatic rings. The van der Waals surface area contributed by atoms with Gasteiger partial charge >= 0.3 is 0 Å². The average Bonchev–Trinajstić information content (AvgIpc) is 2.44. The van der Waals surface area contributed by atoms with Crippen molar-refractivity contribution in [2.45, 2.75) is 51.5 Å². The second-order valence-corrected chi connectivity index (χ2v) is 6.04. The molecule has 1 aliphatic carbocycles. The lowest BCUT2D eigenvalue weighted by Crippen LogP contribution is -2.27. The molecule has 1 fully saturated rings. The Labute approximate surface area is 122 Å². The Morgan fingerprint density at radius 2 is 2.11 bits per heavy atom. The van der Waals surface area contributed by atoms with E-state index >= 15 is 0 Å². The van der Waals surface area contributed by atoms with Gasteiger partial charge in [-0.05, 0) is 47.5 Å². The maximum Gasteiger partial charge on any atom is 0.239 e. The molecule has 2 rings (SSSR count). The van der Waals surface area contributed by atoms with Crippen LogP contribution in [0.1, 0.15) is 45.4 Å². The van der Waals surface area contributed by atoms with E-state index in [1.807, 2.05) is 0 Å². The van der Waals surface area contributed by atoms with Crippen LogP contribution in [-0.4, -0.2) is 16.0 Å². The summed E-state index contributed by atoms with van der Waals surface area (Å²) in [7, 11) is 0. The Balaban J connectivity index is 1.91. The van der Waals surface area contributed by atoms with Crippen molar-refractivity contribution in [2.24, 2.45) is 11.8 Å². The minimum absolute atomic E-state index is 0.436. The number of hydrogen-bond acceptors (Lipinski definition) is 5. The quantitative estimate of drug-likeness (QED) is 0.571. The van der Waals surface area contributed by atoms with Crippen molar-refractivity contribution in [3.05, 3.63) is 10.7 Å². The monoisotopic (exact) mass is 327 g/mol. The van der Waals surface area contributed by atoms with Gasteiger partial charge in [-0.1, -0.05) is 19.8 Å². The highest BCUT2D eigenvalue weighted by Gasteiger charge is 2.21. The van der Waals surface area contributed by atoms with Gasteiger partial charge < -0.3 is 5.32 Å². The van der Waals surface area contributed by atoms with Crippen molar-refractivity contribution < 1.29 is 0 Å². The van der Waals surface area contributed by atoms with Gasteiger partial charge in [-0.25, -0.2) is 10.8 Å². The molecule has 19 heavy (non-hydrogen) atoms. The van der Waals surface area contributed by atoms with Gasteiger partial charge in [0.15, 0.2) is 0 Å². The van der Waals surface area contributed by atoms with E-state index in [2.05, 4.69) is 43.6 Å². The van der Waals surface area contributed by atoms with Gasteiger partial charge in [0.05, 0.1) is 4.47 Å². The van der Waals surface area contributed by atoms with Crippen molar-refractivity contribution in [1.29, 1.82) is 0 Å². The van der Waals surface area contributed by atoms with Crippen LogP contribution in [0.25, 0.3) is 0 Å². The maximum atomic E-state index is 5.34. The molecular weight excluding hydrogens is 306 g/mol. The van der Waals surface area contributed by atoms with Crippen LogP contribution >= 0.6 is 15.9 Å². The molecule has 0 saturated heterocycles. The van der Waals surface area contributed by atoms with E-state index in [4.69, 9.17) is 5.84 Å². The second kappa shape index (κ2) is 7.05. The Morgan fingerprint density at radius 1 is 1.37 bits per heavy atom. The minimum atomic E-state index is 0.436. The summed E-state index contributed by atoms with van der Waals surface area (Å²) in [4.78, 5) is 8.39. The van der Waals surface area contributed by atoms with E-state index in [1.54, 1.807) is 6.20 Å². The Morgan fingerprint density at radius 3 is 2.74 bits per heavy atom. The number of nitrogens with one attached hydrogen (secondary N) is 2.